The maximum atomic E-state index is 2.42. The van der Waals surface area contributed by atoms with Crippen LogP contribution in [0, 0.1) is 0 Å². The van der Waals surface area contributed by atoms with Crippen molar-refractivity contribution in [2.24, 2.45) is 0 Å². The molecule has 4 rings (SSSR count). The lowest BCUT2D eigenvalue weighted by Crippen LogP contribution is -2.22. The second-order valence-corrected chi connectivity index (χ2v) is 5.81. The molecule has 1 aliphatic heterocycles. The van der Waals surface area contributed by atoms with Crippen LogP contribution in [0.1, 0.15) is 23.6 Å². The Hall–Kier alpha value is -2.80. The van der Waals surface area contributed by atoms with Gasteiger partial charge in [0.15, 0.2) is 0 Å². The molecule has 0 amide bonds. The summed E-state index contributed by atoms with van der Waals surface area (Å²) in [5, 5.41) is 0. The molecular formula is C22H19N. The van der Waals surface area contributed by atoms with Crippen molar-refractivity contribution < 1.29 is 0 Å². The van der Waals surface area contributed by atoms with Gasteiger partial charge < -0.3 is 4.90 Å². The molecule has 1 heteroatoms. The van der Waals surface area contributed by atoms with Crippen molar-refractivity contribution in [3.63, 3.8) is 0 Å². The number of hydrogen-bond donors (Lipinski definition) is 0. The summed E-state index contributed by atoms with van der Waals surface area (Å²) in [7, 11) is 0. The van der Waals surface area contributed by atoms with E-state index in [-0.39, 0.29) is 0 Å². The molecule has 0 aliphatic carbocycles. The second kappa shape index (κ2) is 5.77. The fraction of sp³-hybridized carbons (Fsp3) is 0.0909. The third kappa shape index (κ3) is 2.35. The number of fused-ring (bicyclic) bond motifs is 2. The van der Waals surface area contributed by atoms with E-state index in [9.17, 15) is 0 Å². The second-order valence-electron chi connectivity index (χ2n) is 5.81. The number of anilines is 2. The van der Waals surface area contributed by atoms with Crippen LogP contribution in [0.25, 0.3) is 5.57 Å². The first kappa shape index (κ1) is 13.8. The molecule has 1 nitrogen and oxygen atoms in total. The molecule has 0 radical (unpaired) electrons. The number of benzene rings is 3. The maximum Gasteiger partial charge on any atom is 0.0493 e. The highest BCUT2D eigenvalue weighted by molar-refractivity contribution is 5.97. The number of allylic oxidation sites excluding steroid dienone is 1. The Morgan fingerprint density at radius 2 is 1.22 bits per heavy atom. The minimum atomic E-state index is 0.881. The molecule has 23 heavy (non-hydrogen) atoms. The lowest BCUT2D eigenvalue weighted by Gasteiger charge is -2.34. The molecule has 3 aromatic rings. The number of rotatable bonds is 2. The summed E-state index contributed by atoms with van der Waals surface area (Å²) < 4.78 is 0. The predicted molar refractivity (Wildman–Crippen MR) is 97.9 cm³/mol. The summed E-state index contributed by atoms with van der Waals surface area (Å²) in [4.78, 5) is 2.42. The van der Waals surface area contributed by atoms with Gasteiger partial charge in [-0.3, -0.25) is 0 Å². The van der Waals surface area contributed by atoms with Crippen LogP contribution in [-0.4, -0.2) is 0 Å². The molecule has 0 atom stereocenters. The zero-order chi connectivity index (χ0) is 15.6. The molecule has 0 saturated carbocycles. The Morgan fingerprint density at radius 1 is 0.696 bits per heavy atom. The Labute approximate surface area is 137 Å². The average molecular weight is 297 g/mol. The van der Waals surface area contributed by atoms with E-state index in [0.29, 0.717) is 0 Å². The highest BCUT2D eigenvalue weighted by Gasteiger charge is 2.25. The molecular weight excluding hydrogens is 278 g/mol. The highest BCUT2D eigenvalue weighted by atomic mass is 15.1. The third-order valence-electron chi connectivity index (χ3n) is 4.44. The van der Waals surface area contributed by atoms with Crippen molar-refractivity contribution in [2.45, 2.75) is 13.5 Å². The molecule has 0 saturated heterocycles. The van der Waals surface area contributed by atoms with E-state index in [1.807, 2.05) is 0 Å². The predicted octanol–water partition coefficient (Wildman–Crippen LogP) is 5.79. The van der Waals surface area contributed by atoms with Gasteiger partial charge in [-0.25, -0.2) is 0 Å². The molecule has 0 bridgehead atoms. The number of nitrogens with zero attached hydrogens (tertiary/aromatic N) is 1. The zero-order valence-electron chi connectivity index (χ0n) is 13.2. The van der Waals surface area contributed by atoms with E-state index >= 15 is 0 Å². The van der Waals surface area contributed by atoms with Crippen LogP contribution in [0.2, 0.25) is 0 Å². The van der Waals surface area contributed by atoms with E-state index in [1.165, 1.54) is 33.6 Å². The van der Waals surface area contributed by atoms with Crippen LogP contribution in [0.3, 0.4) is 0 Å². The monoisotopic (exact) mass is 297 g/mol. The minimum absolute atomic E-state index is 0.881. The van der Waals surface area contributed by atoms with Crippen molar-refractivity contribution in [1.82, 2.24) is 0 Å². The summed E-state index contributed by atoms with van der Waals surface area (Å²) >= 11 is 0. The largest absolute Gasteiger partial charge is 0.336 e. The van der Waals surface area contributed by atoms with Crippen LogP contribution in [0.15, 0.2) is 84.9 Å². The maximum absolute atomic E-state index is 2.42. The minimum Gasteiger partial charge on any atom is -0.336 e. The fourth-order valence-corrected chi connectivity index (χ4v) is 3.40. The van der Waals surface area contributed by atoms with Crippen molar-refractivity contribution in [1.29, 1.82) is 0 Å². The summed E-state index contributed by atoms with van der Waals surface area (Å²) in [6.07, 6.45) is 2.22. The molecule has 0 fully saturated rings. The van der Waals surface area contributed by atoms with Gasteiger partial charge in [0.25, 0.3) is 0 Å². The van der Waals surface area contributed by atoms with Crippen molar-refractivity contribution in [3.05, 3.63) is 102 Å². The first-order valence-electron chi connectivity index (χ1n) is 8.05. The van der Waals surface area contributed by atoms with Gasteiger partial charge in [0.05, 0.1) is 0 Å². The molecule has 0 N–H and O–H groups in total. The quantitative estimate of drug-likeness (QED) is 0.578. The smallest absolute Gasteiger partial charge is 0.0493 e. The van der Waals surface area contributed by atoms with E-state index in [4.69, 9.17) is 0 Å². The Morgan fingerprint density at radius 3 is 1.78 bits per heavy atom. The van der Waals surface area contributed by atoms with Crippen LogP contribution in [0.4, 0.5) is 11.4 Å². The Bertz CT molecular complexity index is 812. The first-order chi connectivity index (χ1) is 11.4. The van der Waals surface area contributed by atoms with Gasteiger partial charge in [-0.2, -0.15) is 0 Å². The van der Waals surface area contributed by atoms with Crippen molar-refractivity contribution >= 4 is 16.9 Å². The van der Waals surface area contributed by atoms with Gasteiger partial charge in [-0.15, -0.1) is 0 Å². The lowest BCUT2D eigenvalue weighted by atomic mass is 9.90. The lowest BCUT2D eigenvalue weighted by molar-refractivity contribution is 0.963. The normalized spacial score (nSPS) is 12.6. The van der Waals surface area contributed by atoms with Crippen LogP contribution in [0.5, 0.6) is 0 Å². The Balaban J connectivity index is 1.90. The van der Waals surface area contributed by atoms with E-state index in [1.54, 1.807) is 0 Å². The summed E-state index contributed by atoms with van der Waals surface area (Å²) in [5.41, 5.74) is 7.82. The third-order valence-corrected chi connectivity index (χ3v) is 4.44. The first-order valence-corrected chi connectivity index (χ1v) is 8.05. The summed E-state index contributed by atoms with van der Waals surface area (Å²) in [5.74, 6) is 0. The molecule has 0 spiro atoms. The summed E-state index contributed by atoms with van der Waals surface area (Å²) in [6, 6.07) is 28.0. The van der Waals surface area contributed by atoms with Gasteiger partial charge in [-0.1, -0.05) is 72.8 Å². The van der Waals surface area contributed by atoms with Gasteiger partial charge >= 0.3 is 0 Å². The van der Waals surface area contributed by atoms with E-state index in [0.717, 1.165) is 6.54 Å². The molecule has 3 aromatic carbocycles. The average Bonchev–Trinajstić information content (AvgIpc) is 2.62. The van der Waals surface area contributed by atoms with Gasteiger partial charge in [0, 0.05) is 29.0 Å². The standard InChI is InChI=1S/C22H19N/c1-2-18-19-12-6-8-14-21(19)23(16-17-10-4-3-5-11-17)22-15-9-7-13-20(18)22/h2-15H,16H2,1H3. The van der Waals surface area contributed by atoms with Gasteiger partial charge in [0.2, 0.25) is 0 Å². The van der Waals surface area contributed by atoms with E-state index in [2.05, 4.69) is 96.8 Å². The van der Waals surface area contributed by atoms with Crippen LogP contribution < -0.4 is 4.90 Å². The molecule has 0 aromatic heterocycles. The highest BCUT2D eigenvalue weighted by Crippen LogP contribution is 2.45. The fourth-order valence-electron chi connectivity index (χ4n) is 3.40. The topological polar surface area (TPSA) is 3.24 Å². The molecule has 112 valence electrons. The zero-order valence-corrected chi connectivity index (χ0v) is 13.2. The number of hydrogen-bond acceptors (Lipinski definition) is 1. The van der Waals surface area contributed by atoms with Crippen LogP contribution >= 0.6 is 0 Å². The molecule has 0 unspecified atom stereocenters. The van der Waals surface area contributed by atoms with Gasteiger partial charge in [0.1, 0.15) is 0 Å². The van der Waals surface area contributed by atoms with Crippen molar-refractivity contribution in [3.8, 4) is 0 Å². The van der Waals surface area contributed by atoms with Crippen LogP contribution in [-0.2, 0) is 6.54 Å². The summed E-state index contributed by atoms with van der Waals surface area (Å²) in [6.45, 7) is 3.00. The Kier molecular flexibility index (Phi) is 3.47. The van der Waals surface area contributed by atoms with Crippen molar-refractivity contribution in [2.75, 3.05) is 4.90 Å². The van der Waals surface area contributed by atoms with Gasteiger partial charge in [-0.05, 0) is 30.2 Å². The SMILES string of the molecule is CC=C1c2ccccc2N(Cc2ccccc2)c2ccccc21. The molecule has 1 heterocycles. The number of para-hydroxylation sites is 2. The molecule has 1 aliphatic rings. The van der Waals surface area contributed by atoms with E-state index < -0.39 is 0 Å².